The molecule has 0 radical (unpaired) electrons. The minimum absolute atomic E-state index is 0.0414. The number of nitrogens with zero attached hydrogens (tertiary/aromatic N) is 1. The lowest BCUT2D eigenvalue weighted by atomic mass is 10.1. The maximum absolute atomic E-state index is 13.3. The van der Waals surface area contributed by atoms with E-state index in [1.807, 2.05) is 0 Å². The van der Waals surface area contributed by atoms with Gasteiger partial charge in [0.15, 0.2) is 5.82 Å². The summed E-state index contributed by atoms with van der Waals surface area (Å²) in [6, 6.07) is 9.23. The van der Waals surface area contributed by atoms with Crippen molar-refractivity contribution in [1.82, 2.24) is 0 Å². The van der Waals surface area contributed by atoms with Crippen LogP contribution in [0.25, 0.3) is 0 Å². The average molecular weight is 329 g/mol. The lowest BCUT2D eigenvalue weighted by molar-refractivity contribution is -0.384. The Bertz CT molecular complexity index is 640. The monoisotopic (exact) mass is 328 g/mol. The third-order valence-electron chi connectivity index (χ3n) is 2.87. The van der Waals surface area contributed by atoms with E-state index in [0.29, 0.717) is 18.7 Å². The molecule has 0 fully saturated rings. The number of non-ortho nitro benzene ring substituents is 1. The summed E-state index contributed by atoms with van der Waals surface area (Å²) in [5, 5.41) is 13.5. The van der Waals surface area contributed by atoms with Gasteiger partial charge in [-0.05, 0) is 24.1 Å². The van der Waals surface area contributed by atoms with Crippen LogP contribution in [0.1, 0.15) is 5.56 Å². The van der Waals surface area contributed by atoms with Crippen molar-refractivity contribution in [3.8, 4) is 0 Å². The highest BCUT2D eigenvalue weighted by Crippen LogP contribution is 2.27. The van der Waals surface area contributed by atoms with E-state index in [1.54, 1.807) is 12.1 Å². The molecular weight excluding hydrogens is 318 g/mol. The van der Waals surface area contributed by atoms with Crippen molar-refractivity contribution in [3.05, 3.63) is 67.9 Å². The average Bonchev–Trinajstić information content (AvgIpc) is 2.45. The molecule has 2 aromatic carbocycles. The van der Waals surface area contributed by atoms with Gasteiger partial charge in [-0.2, -0.15) is 0 Å². The predicted octanol–water partition coefficient (Wildman–Crippen LogP) is 4.70. The number of halogens is 3. The Kier molecular flexibility index (Phi) is 4.98. The first-order valence-corrected chi connectivity index (χ1v) is 6.84. The Labute approximate surface area is 130 Å². The summed E-state index contributed by atoms with van der Waals surface area (Å²) < 4.78 is 13.3. The van der Waals surface area contributed by atoms with Gasteiger partial charge in [0.25, 0.3) is 5.69 Å². The Morgan fingerprint density at radius 3 is 2.24 bits per heavy atom. The number of rotatable bonds is 5. The molecule has 0 aromatic heterocycles. The topological polar surface area (TPSA) is 55.2 Å². The molecule has 1 N–H and O–H groups in total. The van der Waals surface area contributed by atoms with E-state index in [0.717, 1.165) is 5.56 Å². The zero-order valence-corrected chi connectivity index (χ0v) is 12.3. The highest BCUT2D eigenvalue weighted by atomic mass is 35.5. The molecule has 0 saturated heterocycles. The van der Waals surface area contributed by atoms with Crippen molar-refractivity contribution in [2.24, 2.45) is 0 Å². The van der Waals surface area contributed by atoms with E-state index in [9.17, 15) is 14.5 Å². The van der Waals surface area contributed by atoms with Crippen LogP contribution in [0.5, 0.6) is 0 Å². The predicted molar refractivity (Wildman–Crippen MR) is 81.7 cm³/mol. The first kappa shape index (κ1) is 15.5. The largest absolute Gasteiger partial charge is 0.385 e. The molecule has 0 heterocycles. The molecule has 0 spiro atoms. The van der Waals surface area contributed by atoms with Crippen molar-refractivity contribution in [1.29, 1.82) is 0 Å². The lowest BCUT2D eigenvalue weighted by Gasteiger charge is -2.08. The number of hydrogen-bond acceptors (Lipinski definition) is 3. The maximum atomic E-state index is 13.3. The number of benzene rings is 2. The number of nitrogens with one attached hydrogen (secondary N) is 1. The van der Waals surface area contributed by atoms with Crippen LogP contribution in [0.3, 0.4) is 0 Å². The summed E-state index contributed by atoms with van der Waals surface area (Å²) in [6.45, 7) is 0.566. The van der Waals surface area contributed by atoms with E-state index in [2.05, 4.69) is 5.32 Å². The molecular formula is C14H11Cl2FN2O2. The second-order valence-corrected chi connectivity index (χ2v) is 5.17. The standard InChI is InChI=1S/C14H11Cl2FN2O2/c15-12-7-10(8-13(16)14(12)17)18-6-5-9-1-3-11(4-2-9)19(20)21/h1-4,7-8,18H,5-6H2. The van der Waals surface area contributed by atoms with Crippen molar-refractivity contribution in [2.45, 2.75) is 6.42 Å². The van der Waals surface area contributed by atoms with Crippen molar-refractivity contribution in [3.63, 3.8) is 0 Å². The normalized spacial score (nSPS) is 10.4. The summed E-state index contributed by atoms with van der Waals surface area (Å²) >= 11 is 11.4. The fraction of sp³-hybridized carbons (Fsp3) is 0.143. The first-order valence-electron chi connectivity index (χ1n) is 6.09. The second kappa shape index (κ2) is 6.74. The zero-order chi connectivity index (χ0) is 15.4. The van der Waals surface area contributed by atoms with Gasteiger partial charge in [0.2, 0.25) is 0 Å². The van der Waals surface area contributed by atoms with E-state index < -0.39 is 10.7 Å². The fourth-order valence-corrected chi connectivity index (χ4v) is 2.28. The molecule has 2 rings (SSSR count). The Morgan fingerprint density at radius 1 is 1.14 bits per heavy atom. The third-order valence-corrected chi connectivity index (χ3v) is 3.42. The van der Waals surface area contributed by atoms with Crippen LogP contribution in [0, 0.1) is 15.9 Å². The van der Waals surface area contributed by atoms with Crippen LogP contribution in [0.4, 0.5) is 15.8 Å². The molecule has 0 aliphatic rings. The number of nitro groups is 1. The summed E-state index contributed by atoms with van der Waals surface area (Å²) in [6.07, 6.45) is 0.657. The summed E-state index contributed by atoms with van der Waals surface area (Å²) in [5.74, 6) is -0.640. The highest BCUT2D eigenvalue weighted by Gasteiger charge is 2.07. The molecule has 0 saturated carbocycles. The van der Waals surface area contributed by atoms with Gasteiger partial charge in [0.1, 0.15) is 0 Å². The van der Waals surface area contributed by atoms with Crippen LogP contribution in [0.2, 0.25) is 10.0 Å². The smallest absolute Gasteiger partial charge is 0.269 e. The number of hydrogen-bond donors (Lipinski definition) is 1. The molecule has 0 atom stereocenters. The highest BCUT2D eigenvalue weighted by molar-refractivity contribution is 6.35. The molecule has 2 aromatic rings. The number of nitro benzene ring substituents is 1. The van der Waals surface area contributed by atoms with Gasteiger partial charge < -0.3 is 5.32 Å². The van der Waals surface area contributed by atoms with Crippen LogP contribution in [-0.2, 0) is 6.42 Å². The summed E-state index contributed by atoms with van der Waals surface area (Å²) in [7, 11) is 0. The van der Waals surface area contributed by atoms with Gasteiger partial charge in [-0.25, -0.2) is 4.39 Å². The van der Waals surface area contributed by atoms with E-state index in [4.69, 9.17) is 23.2 Å². The maximum Gasteiger partial charge on any atom is 0.269 e. The van der Waals surface area contributed by atoms with E-state index in [1.165, 1.54) is 24.3 Å². The third kappa shape index (κ3) is 4.06. The summed E-state index contributed by atoms with van der Waals surface area (Å²) in [5.41, 5.74) is 1.63. The molecule has 0 aliphatic heterocycles. The summed E-state index contributed by atoms with van der Waals surface area (Å²) in [4.78, 5) is 10.1. The zero-order valence-electron chi connectivity index (χ0n) is 10.8. The molecule has 21 heavy (non-hydrogen) atoms. The van der Waals surface area contributed by atoms with E-state index >= 15 is 0 Å². The minimum atomic E-state index is -0.640. The fourth-order valence-electron chi connectivity index (χ4n) is 1.79. The van der Waals surface area contributed by atoms with Crippen LogP contribution < -0.4 is 5.32 Å². The molecule has 7 heteroatoms. The van der Waals surface area contributed by atoms with Gasteiger partial charge in [0, 0.05) is 24.4 Å². The second-order valence-electron chi connectivity index (χ2n) is 4.35. The van der Waals surface area contributed by atoms with Crippen LogP contribution in [-0.4, -0.2) is 11.5 Å². The molecule has 110 valence electrons. The molecule has 0 aliphatic carbocycles. The lowest BCUT2D eigenvalue weighted by Crippen LogP contribution is -2.05. The molecule has 0 unspecified atom stereocenters. The van der Waals surface area contributed by atoms with Crippen molar-refractivity contribution >= 4 is 34.6 Å². The van der Waals surface area contributed by atoms with Crippen molar-refractivity contribution in [2.75, 3.05) is 11.9 Å². The molecule has 4 nitrogen and oxygen atoms in total. The van der Waals surface area contributed by atoms with Crippen LogP contribution >= 0.6 is 23.2 Å². The van der Waals surface area contributed by atoms with Gasteiger partial charge in [0.05, 0.1) is 15.0 Å². The number of anilines is 1. The Hall–Kier alpha value is -1.85. The molecule has 0 bridgehead atoms. The quantitative estimate of drug-likeness (QED) is 0.492. The van der Waals surface area contributed by atoms with E-state index in [-0.39, 0.29) is 15.7 Å². The Balaban J connectivity index is 1.94. The van der Waals surface area contributed by atoms with Crippen molar-refractivity contribution < 1.29 is 9.31 Å². The molecule has 0 amide bonds. The van der Waals surface area contributed by atoms with Gasteiger partial charge in [-0.3, -0.25) is 10.1 Å². The minimum Gasteiger partial charge on any atom is -0.385 e. The first-order chi connectivity index (χ1) is 9.97. The van der Waals surface area contributed by atoms with Gasteiger partial charge in [-0.15, -0.1) is 0 Å². The van der Waals surface area contributed by atoms with Gasteiger partial charge >= 0.3 is 0 Å². The van der Waals surface area contributed by atoms with Gasteiger partial charge in [-0.1, -0.05) is 35.3 Å². The van der Waals surface area contributed by atoms with Crippen LogP contribution in [0.15, 0.2) is 36.4 Å². The Morgan fingerprint density at radius 2 is 1.71 bits per heavy atom. The SMILES string of the molecule is O=[N+]([O-])c1ccc(CCNc2cc(Cl)c(F)c(Cl)c2)cc1.